The lowest BCUT2D eigenvalue weighted by atomic mass is 9.95. The average Bonchev–Trinajstić information content (AvgIpc) is 3.75. The van der Waals surface area contributed by atoms with Crippen LogP contribution in [0.4, 0.5) is 19.0 Å². The quantitative estimate of drug-likeness (QED) is 0.175. The molecule has 3 fully saturated rings. The van der Waals surface area contributed by atoms with Crippen LogP contribution in [0.2, 0.25) is 0 Å². The van der Waals surface area contributed by atoms with Crippen LogP contribution in [0.5, 0.6) is 17.6 Å². The number of benzene rings is 2. The number of alkyl halides is 1. The number of nitrogens with zero attached hydrogens (tertiary/aromatic N) is 5. The molecule has 0 amide bonds. The topological polar surface area (TPSA) is 82.1 Å². The van der Waals surface area contributed by atoms with Crippen LogP contribution in [-0.2, 0) is 4.74 Å². The monoisotopic (exact) mass is 645 g/mol. The Morgan fingerprint density at radius 2 is 1.96 bits per heavy atom. The lowest BCUT2D eigenvalue weighted by molar-refractivity contribution is 0.0512. The summed E-state index contributed by atoms with van der Waals surface area (Å²) in [4.78, 5) is 18.5. The van der Waals surface area contributed by atoms with Gasteiger partial charge < -0.3 is 23.8 Å². The van der Waals surface area contributed by atoms with Gasteiger partial charge in [0.2, 0.25) is 5.88 Å². The number of ether oxygens (including phenoxy) is 4. The van der Waals surface area contributed by atoms with Gasteiger partial charge in [-0.25, -0.2) is 18.2 Å². The Morgan fingerprint density at radius 1 is 1.09 bits per heavy atom. The van der Waals surface area contributed by atoms with Crippen LogP contribution >= 0.6 is 0 Å². The molecule has 0 radical (unpaired) electrons. The second-order valence-electron chi connectivity index (χ2n) is 12.8. The van der Waals surface area contributed by atoms with E-state index in [2.05, 4.69) is 20.7 Å². The summed E-state index contributed by atoms with van der Waals surface area (Å²) >= 11 is 0. The molecule has 5 heterocycles. The van der Waals surface area contributed by atoms with Gasteiger partial charge in [-0.05, 0) is 62.2 Å². The van der Waals surface area contributed by atoms with E-state index in [9.17, 15) is 4.39 Å². The standard InChI is InChI=1S/C35H34F3N5O4/c1-3-24-26(37)9-6-20-14-23(47-19-44-2)15-25(27(20)24)30-29(38)31-28-32(43(22-7-8-22)12-5-13-45-33(28)39-30)41-34(40-31)46-18-35-10-4-11-42(35)17-21(36)16-35/h1,6,9,14-15,21-22H,4-5,7-8,10-13,16-19H2,2H3/t21-,35+/m1/s1. The number of pyridine rings is 1. The largest absolute Gasteiger partial charge is 0.477 e. The smallest absolute Gasteiger partial charge is 0.319 e. The molecule has 244 valence electrons. The second-order valence-corrected chi connectivity index (χ2v) is 12.8. The summed E-state index contributed by atoms with van der Waals surface area (Å²) in [5, 5.41) is 1.17. The minimum absolute atomic E-state index is 0.00153. The Labute approximate surface area is 270 Å². The zero-order valence-electron chi connectivity index (χ0n) is 26.0. The van der Waals surface area contributed by atoms with Gasteiger partial charge >= 0.3 is 6.01 Å². The predicted octanol–water partition coefficient (Wildman–Crippen LogP) is 5.79. The maximum Gasteiger partial charge on any atom is 0.319 e. The number of fused-ring (bicyclic) bond motifs is 2. The highest BCUT2D eigenvalue weighted by Crippen LogP contribution is 2.45. The average molecular weight is 646 g/mol. The zero-order chi connectivity index (χ0) is 32.3. The summed E-state index contributed by atoms with van der Waals surface area (Å²) in [5.74, 6) is 2.05. The van der Waals surface area contributed by atoms with Crippen molar-refractivity contribution in [2.45, 2.75) is 56.3 Å². The van der Waals surface area contributed by atoms with Gasteiger partial charge in [0.1, 0.15) is 46.8 Å². The number of terminal acetylenes is 1. The maximum atomic E-state index is 17.1. The molecule has 9 nitrogen and oxygen atoms in total. The number of halogens is 3. The fourth-order valence-electron chi connectivity index (χ4n) is 7.51. The molecular weight excluding hydrogens is 611 g/mol. The Kier molecular flexibility index (Phi) is 7.49. The van der Waals surface area contributed by atoms with E-state index < -0.39 is 23.3 Å². The predicted molar refractivity (Wildman–Crippen MR) is 170 cm³/mol. The fourth-order valence-corrected chi connectivity index (χ4v) is 7.51. The van der Waals surface area contributed by atoms with Crippen molar-refractivity contribution in [1.29, 1.82) is 0 Å². The van der Waals surface area contributed by atoms with Gasteiger partial charge in [-0.3, -0.25) is 4.90 Å². The Balaban J connectivity index is 1.33. The Morgan fingerprint density at radius 3 is 2.77 bits per heavy atom. The third kappa shape index (κ3) is 5.16. The van der Waals surface area contributed by atoms with Gasteiger partial charge in [-0.1, -0.05) is 12.0 Å². The van der Waals surface area contributed by atoms with Gasteiger partial charge in [0, 0.05) is 43.6 Å². The number of hydrogen-bond donors (Lipinski definition) is 0. The number of anilines is 1. The van der Waals surface area contributed by atoms with E-state index >= 15 is 8.78 Å². The first-order chi connectivity index (χ1) is 22.9. The Bertz CT molecular complexity index is 1930. The molecule has 0 spiro atoms. The molecule has 12 heteroatoms. The van der Waals surface area contributed by atoms with Gasteiger partial charge in [-0.2, -0.15) is 9.97 Å². The van der Waals surface area contributed by atoms with Crippen LogP contribution in [0.25, 0.3) is 32.9 Å². The van der Waals surface area contributed by atoms with Crippen LogP contribution in [0, 0.1) is 24.0 Å². The van der Waals surface area contributed by atoms with Crippen LogP contribution in [0.15, 0.2) is 24.3 Å². The van der Waals surface area contributed by atoms with Crippen LogP contribution in [0.1, 0.15) is 44.1 Å². The second kappa shape index (κ2) is 11.7. The molecule has 0 unspecified atom stereocenters. The number of hydrogen-bond acceptors (Lipinski definition) is 9. The lowest BCUT2D eigenvalue weighted by Crippen LogP contribution is -2.43. The molecule has 2 saturated heterocycles. The first-order valence-corrected chi connectivity index (χ1v) is 16.1. The minimum atomic E-state index is -0.919. The summed E-state index contributed by atoms with van der Waals surface area (Å²) < 4.78 is 70.0. The van der Waals surface area contributed by atoms with Gasteiger partial charge in [0.25, 0.3) is 0 Å². The molecule has 1 saturated carbocycles. The van der Waals surface area contributed by atoms with Crippen molar-refractivity contribution in [2.24, 2.45) is 0 Å². The first kappa shape index (κ1) is 30.0. The number of aromatic nitrogens is 3. The van der Waals surface area contributed by atoms with E-state index in [1.54, 1.807) is 18.2 Å². The summed E-state index contributed by atoms with van der Waals surface area (Å²) in [6.07, 6.45) is 9.68. The molecule has 1 aliphatic carbocycles. The first-order valence-electron chi connectivity index (χ1n) is 16.1. The van der Waals surface area contributed by atoms with E-state index in [4.69, 9.17) is 35.3 Å². The zero-order valence-corrected chi connectivity index (χ0v) is 26.0. The molecule has 47 heavy (non-hydrogen) atoms. The van der Waals surface area contributed by atoms with Crippen LogP contribution < -0.4 is 19.1 Å². The molecule has 2 atom stereocenters. The molecule has 3 aliphatic heterocycles. The van der Waals surface area contributed by atoms with E-state index in [1.165, 1.54) is 13.2 Å². The lowest BCUT2D eigenvalue weighted by Gasteiger charge is -2.31. The highest BCUT2D eigenvalue weighted by molar-refractivity contribution is 6.04. The van der Waals surface area contributed by atoms with Crippen molar-refractivity contribution in [3.05, 3.63) is 41.5 Å². The van der Waals surface area contributed by atoms with Gasteiger partial charge in [0.05, 0.1) is 17.7 Å². The summed E-state index contributed by atoms with van der Waals surface area (Å²) in [5.41, 5.74) is -0.426. The molecule has 0 bridgehead atoms. The Hall–Kier alpha value is -4.34. The maximum absolute atomic E-state index is 17.1. The van der Waals surface area contributed by atoms with Crippen molar-refractivity contribution in [3.63, 3.8) is 0 Å². The fraction of sp³-hybridized carbons (Fsp3) is 0.457. The van der Waals surface area contributed by atoms with E-state index in [0.717, 1.165) is 32.2 Å². The normalized spacial score (nSPS) is 22.5. The molecule has 0 N–H and O–H groups in total. The third-order valence-electron chi connectivity index (χ3n) is 9.77. The molecule has 2 aromatic carbocycles. The van der Waals surface area contributed by atoms with Crippen LogP contribution in [-0.4, -0.2) is 84.4 Å². The summed E-state index contributed by atoms with van der Waals surface area (Å²) in [6.45, 7) is 2.34. The van der Waals surface area contributed by atoms with Crippen molar-refractivity contribution >= 4 is 27.5 Å². The molecule has 8 rings (SSSR count). The SMILES string of the molecule is C#Cc1c(F)ccc2cc(OCOC)cc(-c3nc4c5c(nc(OC[C@@]67CCCN6C[C@H](F)C7)nc5c3F)N(C3CC3)CCCO4)c12. The van der Waals surface area contributed by atoms with Crippen LogP contribution in [0.3, 0.4) is 0 Å². The molecule has 4 aliphatic rings. The molecular formula is C35H34F3N5O4. The van der Waals surface area contributed by atoms with E-state index in [-0.39, 0.29) is 53.7 Å². The van der Waals surface area contributed by atoms with Crippen molar-refractivity contribution in [3.8, 4) is 41.2 Å². The molecule has 4 aromatic rings. The minimum Gasteiger partial charge on any atom is -0.477 e. The van der Waals surface area contributed by atoms with Gasteiger partial charge in [0.15, 0.2) is 12.6 Å². The third-order valence-corrected chi connectivity index (χ3v) is 9.77. The number of rotatable bonds is 8. The summed E-state index contributed by atoms with van der Waals surface area (Å²) in [7, 11) is 1.49. The highest BCUT2D eigenvalue weighted by atomic mass is 19.1. The van der Waals surface area contributed by atoms with Crippen molar-refractivity contribution in [2.75, 3.05) is 51.7 Å². The highest BCUT2D eigenvalue weighted by Gasteiger charge is 2.49. The van der Waals surface area contributed by atoms with E-state index in [0.29, 0.717) is 60.3 Å². The molecule has 2 aromatic heterocycles. The van der Waals surface area contributed by atoms with E-state index in [1.807, 2.05) is 0 Å². The van der Waals surface area contributed by atoms with Crippen molar-refractivity contribution < 1.29 is 32.1 Å². The number of methoxy groups -OCH3 is 1. The van der Waals surface area contributed by atoms with Crippen molar-refractivity contribution in [1.82, 2.24) is 19.9 Å². The summed E-state index contributed by atoms with van der Waals surface area (Å²) in [6, 6.07) is 6.32. The van der Waals surface area contributed by atoms with Gasteiger partial charge in [-0.15, -0.1) is 6.42 Å².